The van der Waals surface area contributed by atoms with Crippen molar-refractivity contribution in [2.45, 2.75) is 26.1 Å². The third-order valence-electron chi connectivity index (χ3n) is 1.44. The van der Waals surface area contributed by atoms with Crippen LogP contribution < -0.4 is 0 Å². The molecule has 2 N–H and O–H groups in total. The Morgan fingerprint density at radius 2 is 0.955 bits per heavy atom. The number of aliphatic hydroxyl groups is 2. The molecule has 0 bridgehead atoms. The van der Waals surface area contributed by atoms with Crippen LogP contribution in [0.3, 0.4) is 0 Å². The number of rotatable bonds is 4. The largest absolute Gasteiger partial charge is 0.388 e. The molecular formula is C10H20Mg4O8. The number of aliphatic hydroxyl groups excluding tert-OH is 2. The number of ether oxygens (including phenoxy) is 2. The van der Waals surface area contributed by atoms with Crippen LogP contribution in [-0.2, 0) is 28.7 Å². The van der Waals surface area contributed by atoms with Gasteiger partial charge in [-0.3, -0.25) is 0 Å². The summed E-state index contributed by atoms with van der Waals surface area (Å²) in [7, 11) is 0. The van der Waals surface area contributed by atoms with Gasteiger partial charge in [0.1, 0.15) is 12.2 Å². The average Bonchev–Trinajstić information content (AvgIpc) is 2.25. The van der Waals surface area contributed by atoms with E-state index in [-0.39, 0.29) is 92.2 Å². The maximum atomic E-state index is 10.9. The first-order valence-corrected chi connectivity index (χ1v) is 4.79. The SMILES string of the molecule is CC(O)C(=O)OC(=O)/C=C/C(=O)OC(=O)C(C)O.[MgH2].[MgH2].[MgH2].[MgH2]. The lowest BCUT2D eigenvalue weighted by Crippen LogP contribution is -2.23. The molecule has 0 aliphatic heterocycles. The summed E-state index contributed by atoms with van der Waals surface area (Å²) in [5, 5.41) is 17.4. The van der Waals surface area contributed by atoms with Crippen LogP contribution in [0, 0.1) is 0 Å². The van der Waals surface area contributed by atoms with E-state index in [9.17, 15) is 19.2 Å². The van der Waals surface area contributed by atoms with Crippen LogP contribution in [0.1, 0.15) is 13.8 Å². The number of hydrogen-bond donors (Lipinski definition) is 2. The van der Waals surface area contributed by atoms with Gasteiger partial charge in [-0.1, -0.05) is 0 Å². The van der Waals surface area contributed by atoms with Crippen LogP contribution in [0.25, 0.3) is 0 Å². The fraction of sp³-hybridized carbons (Fsp3) is 0.400. The standard InChI is InChI=1S/C10H12O8.4Mg.8H/c1-5(11)9(15)17-7(13)3-4-8(14)18-10(16)6(2)12;;;;;;;;;;;;/h3-6,11-12H,1-2H3;;;;;;;;;;;;/b4-3+;;;;;;;;;;;;. The van der Waals surface area contributed by atoms with Crippen molar-refractivity contribution in [2.24, 2.45) is 0 Å². The summed E-state index contributed by atoms with van der Waals surface area (Å²) in [4.78, 5) is 43.3. The summed E-state index contributed by atoms with van der Waals surface area (Å²) in [5.41, 5.74) is 0. The Morgan fingerprint density at radius 1 is 0.727 bits per heavy atom. The highest BCUT2D eigenvalue weighted by Crippen LogP contribution is 1.92. The summed E-state index contributed by atoms with van der Waals surface area (Å²) >= 11 is 0. The van der Waals surface area contributed by atoms with E-state index in [0.29, 0.717) is 12.2 Å². The first kappa shape index (κ1) is 34.4. The molecule has 0 aliphatic rings. The van der Waals surface area contributed by atoms with E-state index in [1.54, 1.807) is 0 Å². The van der Waals surface area contributed by atoms with Crippen molar-refractivity contribution < 1.29 is 38.9 Å². The molecule has 8 nitrogen and oxygen atoms in total. The van der Waals surface area contributed by atoms with Gasteiger partial charge < -0.3 is 19.7 Å². The highest BCUT2D eigenvalue weighted by Gasteiger charge is 2.16. The van der Waals surface area contributed by atoms with Gasteiger partial charge in [0.05, 0.1) is 0 Å². The molecule has 0 rings (SSSR count). The van der Waals surface area contributed by atoms with E-state index in [2.05, 4.69) is 9.47 Å². The Kier molecular flexibility index (Phi) is 28.7. The zero-order chi connectivity index (χ0) is 14.3. The van der Waals surface area contributed by atoms with Gasteiger partial charge >= 0.3 is 116 Å². The highest BCUT2D eigenvalue weighted by molar-refractivity contribution is 5.99. The predicted molar refractivity (Wildman–Crippen MR) is 88.9 cm³/mol. The van der Waals surface area contributed by atoms with Crippen molar-refractivity contribution in [3.05, 3.63) is 12.2 Å². The van der Waals surface area contributed by atoms with Gasteiger partial charge in [0.25, 0.3) is 0 Å². The molecule has 0 saturated heterocycles. The summed E-state index contributed by atoms with van der Waals surface area (Å²) in [6.07, 6.45) is -1.88. The van der Waals surface area contributed by atoms with Gasteiger partial charge in [-0.2, -0.15) is 0 Å². The molecule has 0 amide bonds. The third kappa shape index (κ3) is 17.4. The van der Waals surface area contributed by atoms with Gasteiger partial charge in [-0.05, 0) is 13.8 Å². The number of esters is 4. The van der Waals surface area contributed by atoms with Gasteiger partial charge in [0.2, 0.25) is 0 Å². The molecule has 0 heterocycles. The van der Waals surface area contributed by atoms with E-state index < -0.39 is 36.1 Å². The Hall–Kier alpha value is 1.00. The molecule has 2 unspecified atom stereocenters. The lowest BCUT2D eigenvalue weighted by molar-refractivity contribution is -0.164. The van der Waals surface area contributed by atoms with Crippen LogP contribution >= 0.6 is 0 Å². The first-order valence-electron chi connectivity index (χ1n) is 4.79. The van der Waals surface area contributed by atoms with Crippen molar-refractivity contribution in [3.63, 3.8) is 0 Å². The average molecular weight is 365 g/mol. The Balaban J connectivity index is -0.000000241. The van der Waals surface area contributed by atoms with Crippen LogP contribution in [-0.4, -0.2) is 139 Å². The molecule has 0 fully saturated rings. The highest BCUT2D eigenvalue weighted by atomic mass is 24.3. The lowest BCUT2D eigenvalue weighted by Gasteiger charge is -2.02. The second-order valence-corrected chi connectivity index (χ2v) is 3.17. The molecule has 2 atom stereocenters. The zero-order valence-electron chi connectivity index (χ0n) is 9.65. The van der Waals surface area contributed by atoms with Gasteiger partial charge in [0, 0.05) is 12.2 Å². The van der Waals surface area contributed by atoms with E-state index in [0.717, 1.165) is 13.8 Å². The number of carbonyl (C=O) groups is 4. The fourth-order valence-electron chi connectivity index (χ4n) is 0.573. The molecule has 0 saturated carbocycles. The van der Waals surface area contributed by atoms with Crippen molar-refractivity contribution in [3.8, 4) is 0 Å². The molecule has 0 radical (unpaired) electrons. The van der Waals surface area contributed by atoms with Gasteiger partial charge in [-0.25, -0.2) is 19.2 Å². The van der Waals surface area contributed by atoms with Crippen LogP contribution in [0.5, 0.6) is 0 Å². The summed E-state index contributed by atoms with van der Waals surface area (Å²) in [6.45, 7) is 2.18. The fourth-order valence-corrected chi connectivity index (χ4v) is 0.573. The lowest BCUT2D eigenvalue weighted by atomic mass is 10.4. The first-order chi connectivity index (χ1) is 8.23. The topological polar surface area (TPSA) is 127 Å². The molecule has 0 aromatic rings. The van der Waals surface area contributed by atoms with Crippen molar-refractivity contribution >= 4 is 116 Å². The third-order valence-corrected chi connectivity index (χ3v) is 1.44. The quantitative estimate of drug-likeness (QED) is 0.219. The van der Waals surface area contributed by atoms with E-state index in [1.807, 2.05) is 0 Å². The molecule has 22 heavy (non-hydrogen) atoms. The molecule has 0 aromatic heterocycles. The molecule has 0 aromatic carbocycles. The Bertz CT molecular complexity index is 358. The number of carbonyl (C=O) groups excluding carboxylic acids is 4. The minimum absolute atomic E-state index is 0. The monoisotopic (exact) mass is 364 g/mol. The van der Waals surface area contributed by atoms with Gasteiger partial charge in [0.15, 0.2) is 0 Å². The minimum Gasteiger partial charge on any atom is -0.388 e. The molecule has 12 heteroatoms. The smallest absolute Gasteiger partial charge is 0.342 e. The normalized spacial score (nSPS) is 11.3. The summed E-state index contributed by atoms with van der Waals surface area (Å²) in [6, 6.07) is 0. The number of hydrogen-bond acceptors (Lipinski definition) is 8. The van der Waals surface area contributed by atoms with E-state index in [1.165, 1.54) is 0 Å². The zero-order valence-corrected chi connectivity index (χ0v) is 9.65. The Morgan fingerprint density at radius 3 is 1.14 bits per heavy atom. The Labute approximate surface area is 191 Å². The second kappa shape index (κ2) is 18.3. The maximum absolute atomic E-state index is 10.9. The van der Waals surface area contributed by atoms with E-state index in [4.69, 9.17) is 10.2 Å². The maximum Gasteiger partial charge on any atom is 0.342 e. The molecule has 0 aliphatic carbocycles. The molecule has 0 spiro atoms. The van der Waals surface area contributed by atoms with Crippen molar-refractivity contribution in [1.29, 1.82) is 0 Å². The van der Waals surface area contributed by atoms with Gasteiger partial charge in [-0.15, -0.1) is 0 Å². The molecular weight excluding hydrogens is 345 g/mol. The van der Waals surface area contributed by atoms with Crippen molar-refractivity contribution in [1.82, 2.24) is 0 Å². The second-order valence-electron chi connectivity index (χ2n) is 3.17. The summed E-state index contributed by atoms with van der Waals surface area (Å²) < 4.78 is 8.12. The minimum atomic E-state index is -1.48. The molecule has 116 valence electrons. The van der Waals surface area contributed by atoms with Crippen LogP contribution in [0.4, 0.5) is 0 Å². The van der Waals surface area contributed by atoms with Crippen LogP contribution in [0.2, 0.25) is 0 Å². The van der Waals surface area contributed by atoms with E-state index >= 15 is 0 Å². The predicted octanol–water partition coefficient (Wildman–Crippen LogP) is -5.22. The van der Waals surface area contributed by atoms with Crippen LogP contribution in [0.15, 0.2) is 12.2 Å². The summed E-state index contributed by atoms with van der Waals surface area (Å²) in [5.74, 6) is -4.78. The van der Waals surface area contributed by atoms with Crippen molar-refractivity contribution in [2.75, 3.05) is 0 Å².